The second kappa shape index (κ2) is 14.0. The van der Waals surface area contributed by atoms with E-state index in [2.05, 4.69) is 20.7 Å². The third-order valence-corrected chi connectivity index (χ3v) is 3.34. The Labute approximate surface area is 128 Å². The van der Waals surface area contributed by atoms with Crippen LogP contribution in [-0.2, 0) is 19.6 Å². The highest BCUT2D eigenvalue weighted by Crippen LogP contribution is 1.98. The summed E-state index contributed by atoms with van der Waals surface area (Å²) in [5.41, 5.74) is 0. The Balaban J connectivity index is 0. The summed E-state index contributed by atoms with van der Waals surface area (Å²) >= 11 is 0. The molecule has 6 nitrogen and oxygen atoms in total. The molecule has 0 saturated heterocycles. The van der Waals surface area contributed by atoms with E-state index in [1.165, 1.54) is 30.4 Å². The lowest BCUT2D eigenvalue weighted by Crippen LogP contribution is -3.05. The van der Waals surface area contributed by atoms with Crippen LogP contribution in [0.15, 0.2) is 12.7 Å². The maximum Gasteiger partial charge on any atom is 0.330 e. The molecule has 0 aliphatic carbocycles. The van der Waals surface area contributed by atoms with E-state index >= 15 is 0 Å². The maximum atomic E-state index is 10.6. The van der Waals surface area contributed by atoms with Crippen LogP contribution < -0.4 is 4.90 Å². The average Bonchev–Trinajstić information content (AvgIpc) is 2.36. The highest BCUT2D eigenvalue weighted by atomic mass is 32.2. The van der Waals surface area contributed by atoms with Crippen molar-refractivity contribution in [2.75, 3.05) is 33.0 Å². The highest BCUT2D eigenvalue weighted by molar-refractivity contribution is 7.85. The third-order valence-electron chi connectivity index (χ3n) is 2.44. The average molecular weight is 323 g/mol. The van der Waals surface area contributed by atoms with Crippen molar-refractivity contribution in [3.8, 4) is 0 Å². The zero-order valence-corrected chi connectivity index (χ0v) is 14.2. The summed E-state index contributed by atoms with van der Waals surface area (Å²) in [6.07, 6.45) is 6.18. The van der Waals surface area contributed by atoms with Gasteiger partial charge >= 0.3 is 5.97 Å². The van der Waals surface area contributed by atoms with Crippen LogP contribution in [0.25, 0.3) is 0 Å². The summed E-state index contributed by atoms with van der Waals surface area (Å²) in [4.78, 5) is 12.1. The van der Waals surface area contributed by atoms with Crippen molar-refractivity contribution in [2.24, 2.45) is 0 Å². The van der Waals surface area contributed by atoms with Gasteiger partial charge in [0.1, 0.15) is 0 Å². The van der Waals surface area contributed by atoms with Crippen molar-refractivity contribution in [3.05, 3.63) is 12.7 Å². The fraction of sp³-hybridized carbons (Fsp3) is 0.786. The zero-order chi connectivity index (χ0) is 16.7. The molecule has 21 heavy (non-hydrogen) atoms. The molecule has 0 aliphatic heterocycles. The van der Waals surface area contributed by atoms with E-state index < -0.39 is 10.1 Å². The molecule has 0 atom stereocenters. The molecular weight excluding hydrogens is 294 g/mol. The van der Waals surface area contributed by atoms with Crippen molar-refractivity contribution >= 4 is 16.1 Å². The Kier molecular flexibility index (Phi) is 14.9. The van der Waals surface area contributed by atoms with Gasteiger partial charge in [-0.05, 0) is 32.1 Å². The summed E-state index contributed by atoms with van der Waals surface area (Å²) in [6.45, 7) is 6.72. The molecule has 1 N–H and O–H groups in total. The third kappa shape index (κ3) is 24.5. The molecule has 0 aromatic carbocycles. The van der Waals surface area contributed by atoms with Gasteiger partial charge in [-0.1, -0.05) is 13.5 Å². The molecule has 0 aliphatic rings. The minimum atomic E-state index is -3.92. The molecule has 0 unspecified atom stereocenters. The molecule has 7 heteroatoms. The number of esters is 1. The first-order valence-electron chi connectivity index (χ1n) is 7.24. The van der Waals surface area contributed by atoms with Gasteiger partial charge in [-0.15, -0.1) is 0 Å². The largest absolute Gasteiger partial charge is 0.748 e. The van der Waals surface area contributed by atoms with Crippen LogP contribution in [0, 0.1) is 0 Å². The zero-order valence-electron chi connectivity index (χ0n) is 13.4. The first kappa shape index (κ1) is 22.4. The first-order chi connectivity index (χ1) is 9.72. The number of hydrogen-bond donors (Lipinski definition) is 1. The molecule has 0 amide bonds. The van der Waals surface area contributed by atoms with E-state index in [0.717, 1.165) is 12.8 Å². The van der Waals surface area contributed by atoms with Crippen molar-refractivity contribution < 1.29 is 27.4 Å². The summed E-state index contributed by atoms with van der Waals surface area (Å²) in [5, 5.41) is 0. The van der Waals surface area contributed by atoms with Gasteiger partial charge in [-0.25, -0.2) is 13.2 Å². The van der Waals surface area contributed by atoms with Crippen LogP contribution in [0.2, 0.25) is 0 Å². The molecular formula is C14H29NO5S. The number of carbonyl (C=O) groups excluding carboxylic acids is 1. The molecule has 0 aromatic rings. The number of quaternary nitrogens is 1. The fourth-order valence-electron chi connectivity index (χ4n) is 1.42. The Morgan fingerprint density at radius 2 is 1.81 bits per heavy atom. The highest BCUT2D eigenvalue weighted by Gasteiger charge is 1.96. The number of carbonyl (C=O) groups is 1. The molecule has 0 aromatic heterocycles. The van der Waals surface area contributed by atoms with Gasteiger partial charge in [0.25, 0.3) is 0 Å². The Bertz CT molecular complexity index is 366. The van der Waals surface area contributed by atoms with Crippen LogP contribution >= 0.6 is 0 Å². The van der Waals surface area contributed by atoms with Crippen LogP contribution in [-0.4, -0.2) is 51.9 Å². The van der Waals surface area contributed by atoms with Gasteiger partial charge in [0.05, 0.1) is 37.4 Å². The van der Waals surface area contributed by atoms with Crippen molar-refractivity contribution in [1.82, 2.24) is 0 Å². The summed E-state index contributed by atoms with van der Waals surface area (Å²) in [6, 6.07) is 0. The monoisotopic (exact) mass is 323 g/mol. The molecule has 0 saturated carbocycles. The van der Waals surface area contributed by atoms with E-state index in [4.69, 9.17) is 4.74 Å². The smallest absolute Gasteiger partial charge is 0.330 e. The van der Waals surface area contributed by atoms with E-state index in [1.807, 2.05) is 0 Å². The van der Waals surface area contributed by atoms with Gasteiger partial charge in [0, 0.05) is 11.8 Å². The Hall–Kier alpha value is -0.920. The first-order valence-corrected chi connectivity index (χ1v) is 8.82. The Morgan fingerprint density at radius 3 is 2.19 bits per heavy atom. The van der Waals surface area contributed by atoms with E-state index in [1.54, 1.807) is 6.92 Å². The summed E-state index contributed by atoms with van der Waals surface area (Å²) < 4.78 is 33.9. The lowest BCUT2D eigenvalue weighted by molar-refractivity contribution is -0.858. The normalized spacial score (nSPS) is 10.7. The molecule has 0 bridgehead atoms. The predicted octanol–water partition coefficient (Wildman–Crippen LogP) is 0.362. The van der Waals surface area contributed by atoms with E-state index in [0.29, 0.717) is 13.0 Å². The molecule has 0 heterocycles. The number of unbranched alkanes of at least 4 members (excludes halogenated alkanes) is 3. The lowest BCUT2D eigenvalue weighted by atomic mass is 10.2. The van der Waals surface area contributed by atoms with Gasteiger partial charge in [-0.2, -0.15) is 0 Å². The second-order valence-corrected chi connectivity index (χ2v) is 6.53. The van der Waals surface area contributed by atoms with Crippen LogP contribution in [0.1, 0.15) is 39.0 Å². The van der Waals surface area contributed by atoms with Gasteiger partial charge in [0.15, 0.2) is 0 Å². The lowest BCUT2D eigenvalue weighted by Gasteiger charge is -2.06. The molecule has 0 spiro atoms. The number of hydrogen-bond acceptors (Lipinski definition) is 5. The summed E-state index contributed by atoms with van der Waals surface area (Å²) in [5.74, 6) is -0.560. The van der Waals surface area contributed by atoms with Crippen molar-refractivity contribution in [1.29, 1.82) is 0 Å². The van der Waals surface area contributed by atoms with Gasteiger partial charge in [0.2, 0.25) is 0 Å². The molecule has 0 radical (unpaired) electrons. The van der Waals surface area contributed by atoms with Gasteiger partial charge in [-0.3, -0.25) is 0 Å². The topological polar surface area (TPSA) is 87.9 Å². The molecule has 126 valence electrons. The second-order valence-electron chi connectivity index (χ2n) is 5.00. The predicted molar refractivity (Wildman–Crippen MR) is 82.2 cm³/mol. The quantitative estimate of drug-likeness (QED) is 0.271. The standard InChI is InChI=1S/C11H21NO2.C3H8O3S/c1-4-11(13)14-10-8-6-5-7-9-12(2)3;1-2-3-7(4,5)6/h4H,1,5-10H2,2-3H3;2-3H2,1H3,(H,4,5,6). The van der Waals surface area contributed by atoms with Crippen LogP contribution in [0.3, 0.4) is 0 Å². The van der Waals surface area contributed by atoms with Crippen molar-refractivity contribution in [3.63, 3.8) is 0 Å². The number of rotatable bonds is 10. The maximum absolute atomic E-state index is 10.6. The van der Waals surface area contributed by atoms with Gasteiger partial charge < -0.3 is 14.2 Å². The Morgan fingerprint density at radius 1 is 1.24 bits per heavy atom. The van der Waals surface area contributed by atoms with Crippen molar-refractivity contribution in [2.45, 2.75) is 39.0 Å². The molecule has 0 rings (SSSR count). The number of ether oxygens (including phenoxy) is 1. The van der Waals surface area contributed by atoms with E-state index in [-0.39, 0.29) is 11.7 Å². The molecule has 0 fully saturated rings. The summed E-state index contributed by atoms with van der Waals surface area (Å²) in [7, 11) is 0.393. The van der Waals surface area contributed by atoms with Crippen LogP contribution in [0.5, 0.6) is 0 Å². The minimum absolute atomic E-state index is 0.243. The number of nitrogens with one attached hydrogen (secondary N) is 1. The minimum Gasteiger partial charge on any atom is -0.748 e. The fourth-order valence-corrected chi connectivity index (χ4v) is 1.92. The van der Waals surface area contributed by atoms with Crippen LogP contribution in [0.4, 0.5) is 0 Å². The van der Waals surface area contributed by atoms with E-state index in [9.17, 15) is 17.8 Å². The SMILES string of the molecule is C=CC(=O)OCCCCCC[NH+](C)C.CCCS(=O)(=O)[O-].